The highest BCUT2D eigenvalue weighted by Gasteiger charge is 2.07. The van der Waals surface area contributed by atoms with Crippen molar-refractivity contribution in [1.29, 1.82) is 0 Å². The van der Waals surface area contributed by atoms with E-state index in [2.05, 4.69) is 5.32 Å². The summed E-state index contributed by atoms with van der Waals surface area (Å²) in [5.41, 5.74) is 0.729. The number of hydrogen-bond acceptors (Lipinski definition) is 3. The maximum absolute atomic E-state index is 9.56. The highest BCUT2D eigenvalue weighted by atomic mass is 127. The molecule has 0 saturated carbocycles. The minimum Gasteiger partial charge on any atom is -0.507 e. The van der Waals surface area contributed by atoms with Crippen molar-refractivity contribution in [2.75, 3.05) is 13.6 Å². The smallest absolute Gasteiger partial charge is 0.129 e. The lowest BCUT2D eigenvalue weighted by atomic mass is 10.1. The molecule has 3 N–H and O–H groups in total. The Balaban J connectivity index is 2.84. The second-order valence-electron chi connectivity index (χ2n) is 2.78. The first-order valence-corrected chi connectivity index (χ1v) is 5.04. The molecule has 0 aromatic heterocycles. The number of halogens is 1. The van der Waals surface area contributed by atoms with E-state index in [1.165, 1.54) is 0 Å². The molecule has 13 heavy (non-hydrogen) atoms. The molecular weight excluding hydrogens is 281 g/mol. The molecule has 0 bridgehead atoms. The van der Waals surface area contributed by atoms with Crippen molar-refractivity contribution in [2.45, 2.75) is 6.10 Å². The van der Waals surface area contributed by atoms with Gasteiger partial charge in [-0.2, -0.15) is 0 Å². The van der Waals surface area contributed by atoms with E-state index in [1.54, 1.807) is 19.2 Å². The first-order valence-electron chi connectivity index (χ1n) is 3.96. The van der Waals surface area contributed by atoms with Crippen LogP contribution >= 0.6 is 22.6 Å². The third kappa shape index (κ3) is 2.82. The van der Waals surface area contributed by atoms with Gasteiger partial charge in [-0.05, 0) is 47.3 Å². The minimum atomic E-state index is -0.562. The van der Waals surface area contributed by atoms with Gasteiger partial charge in [0.15, 0.2) is 0 Å². The fourth-order valence-electron chi connectivity index (χ4n) is 1.05. The average Bonchev–Trinajstić information content (AvgIpc) is 2.10. The zero-order chi connectivity index (χ0) is 9.84. The summed E-state index contributed by atoms with van der Waals surface area (Å²) >= 11 is 2.04. The molecule has 1 aromatic carbocycles. The SMILES string of the molecule is CNCC(O)c1ccc(I)c(O)c1. The second-order valence-corrected chi connectivity index (χ2v) is 3.95. The number of phenolic OH excluding ortho intramolecular Hbond substituents is 1. The normalized spacial score (nSPS) is 12.8. The Morgan fingerprint density at radius 1 is 1.54 bits per heavy atom. The van der Waals surface area contributed by atoms with Gasteiger partial charge in [-0.3, -0.25) is 0 Å². The fraction of sp³-hybridized carbons (Fsp3) is 0.333. The number of aliphatic hydroxyl groups excluding tert-OH is 1. The van der Waals surface area contributed by atoms with Crippen LogP contribution in [-0.2, 0) is 0 Å². The molecule has 0 spiro atoms. The molecule has 0 fully saturated rings. The predicted molar refractivity (Wildman–Crippen MR) is 59.7 cm³/mol. The average molecular weight is 293 g/mol. The van der Waals surface area contributed by atoms with Gasteiger partial charge in [0.25, 0.3) is 0 Å². The molecule has 3 nitrogen and oxygen atoms in total. The van der Waals surface area contributed by atoms with E-state index in [1.807, 2.05) is 28.7 Å². The standard InChI is InChI=1S/C9H12INO2/c1-11-5-9(13)6-2-3-7(10)8(12)4-6/h2-4,9,11-13H,5H2,1H3. The molecule has 4 heteroatoms. The molecule has 0 heterocycles. The highest BCUT2D eigenvalue weighted by molar-refractivity contribution is 14.1. The second kappa shape index (κ2) is 4.78. The Labute approximate surface area is 90.9 Å². The van der Waals surface area contributed by atoms with E-state index in [9.17, 15) is 10.2 Å². The Kier molecular flexibility index (Phi) is 3.95. The number of hydrogen-bond donors (Lipinski definition) is 3. The van der Waals surface area contributed by atoms with Crippen LogP contribution in [0.2, 0.25) is 0 Å². The van der Waals surface area contributed by atoms with Gasteiger partial charge in [0.05, 0.1) is 9.67 Å². The minimum absolute atomic E-state index is 0.216. The summed E-state index contributed by atoms with van der Waals surface area (Å²) in [6.45, 7) is 0.486. The van der Waals surface area contributed by atoms with Gasteiger partial charge >= 0.3 is 0 Å². The van der Waals surface area contributed by atoms with Crippen LogP contribution in [0.25, 0.3) is 0 Å². The summed E-state index contributed by atoms with van der Waals surface area (Å²) in [5.74, 6) is 0.216. The van der Waals surface area contributed by atoms with Crippen LogP contribution in [0.3, 0.4) is 0 Å². The number of benzene rings is 1. The molecule has 0 aliphatic carbocycles. The van der Waals surface area contributed by atoms with Crippen molar-refractivity contribution in [3.63, 3.8) is 0 Å². The monoisotopic (exact) mass is 293 g/mol. The van der Waals surface area contributed by atoms with Crippen LogP contribution in [0.5, 0.6) is 5.75 Å². The Bertz CT molecular complexity index is 291. The number of aromatic hydroxyl groups is 1. The van der Waals surface area contributed by atoms with Gasteiger partial charge in [0.1, 0.15) is 5.75 Å². The Hall–Kier alpha value is -0.330. The third-order valence-corrected chi connectivity index (χ3v) is 2.66. The van der Waals surface area contributed by atoms with Gasteiger partial charge in [-0.1, -0.05) is 6.07 Å². The topological polar surface area (TPSA) is 52.5 Å². The summed E-state index contributed by atoms with van der Waals surface area (Å²) in [6.07, 6.45) is -0.562. The lowest BCUT2D eigenvalue weighted by Crippen LogP contribution is -2.16. The van der Waals surface area contributed by atoms with Crippen molar-refractivity contribution >= 4 is 22.6 Å². The molecule has 1 rings (SSSR count). The molecule has 1 aromatic rings. The lowest BCUT2D eigenvalue weighted by molar-refractivity contribution is 0.177. The summed E-state index contributed by atoms with van der Waals surface area (Å²) in [4.78, 5) is 0. The van der Waals surface area contributed by atoms with Gasteiger partial charge < -0.3 is 15.5 Å². The van der Waals surface area contributed by atoms with Crippen LogP contribution < -0.4 is 5.32 Å². The van der Waals surface area contributed by atoms with Crippen LogP contribution in [-0.4, -0.2) is 23.8 Å². The van der Waals surface area contributed by atoms with E-state index in [0.717, 1.165) is 9.13 Å². The number of rotatable bonds is 3. The summed E-state index contributed by atoms with van der Waals surface area (Å²) < 4.78 is 0.790. The predicted octanol–water partition coefficient (Wildman–Crippen LogP) is 1.25. The van der Waals surface area contributed by atoms with Gasteiger partial charge in [0.2, 0.25) is 0 Å². The van der Waals surface area contributed by atoms with Crippen LogP contribution in [0.1, 0.15) is 11.7 Å². The largest absolute Gasteiger partial charge is 0.507 e. The maximum atomic E-state index is 9.56. The van der Waals surface area contributed by atoms with Crippen molar-refractivity contribution in [3.05, 3.63) is 27.3 Å². The number of aliphatic hydroxyl groups is 1. The third-order valence-electron chi connectivity index (χ3n) is 1.75. The Morgan fingerprint density at radius 2 is 2.23 bits per heavy atom. The van der Waals surface area contributed by atoms with Crippen molar-refractivity contribution in [1.82, 2.24) is 5.32 Å². The zero-order valence-corrected chi connectivity index (χ0v) is 9.45. The van der Waals surface area contributed by atoms with E-state index in [4.69, 9.17) is 0 Å². The molecule has 0 radical (unpaired) electrons. The molecule has 0 amide bonds. The quantitative estimate of drug-likeness (QED) is 0.735. The van der Waals surface area contributed by atoms with E-state index >= 15 is 0 Å². The molecule has 72 valence electrons. The van der Waals surface area contributed by atoms with Crippen molar-refractivity contribution < 1.29 is 10.2 Å². The molecule has 1 unspecified atom stereocenters. The fourth-order valence-corrected chi connectivity index (χ4v) is 1.38. The molecule has 0 aliphatic rings. The van der Waals surface area contributed by atoms with Crippen molar-refractivity contribution in [3.8, 4) is 5.75 Å². The van der Waals surface area contributed by atoms with Gasteiger partial charge in [-0.15, -0.1) is 0 Å². The van der Waals surface area contributed by atoms with Gasteiger partial charge in [0, 0.05) is 6.54 Å². The van der Waals surface area contributed by atoms with E-state index < -0.39 is 6.10 Å². The van der Waals surface area contributed by atoms with Gasteiger partial charge in [-0.25, -0.2) is 0 Å². The summed E-state index contributed by atoms with van der Waals surface area (Å²) in [7, 11) is 1.77. The maximum Gasteiger partial charge on any atom is 0.129 e. The lowest BCUT2D eigenvalue weighted by Gasteiger charge is -2.10. The highest BCUT2D eigenvalue weighted by Crippen LogP contribution is 2.23. The van der Waals surface area contributed by atoms with Crippen LogP contribution in [0.15, 0.2) is 18.2 Å². The molecule has 0 aliphatic heterocycles. The number of nitrogens with one attached hydrogen (secondary N) is 1. The first kappa shape index (κ1) is 10.7. The molecule has 1 atom stereocenters. The number of likely N-dealkylation sites (N-methyl/N-ethyl adjacent to an activating group) is 1. The summed E-state index contributed by atoms with van der Waals surface area (Å²) in [5, 5.41) is 21.8. The Morgan fingerprint density at radius 3 is 2.77 bits per heavy atom. The number of phenols is 1. The molecule has 0 saturated heterocycles. The van der Waals surface area contributed by atoms with Crippen LogP contribution in [0.4, 0.5) is 0 Å². The summed E-state index contributed by atoms with van der Waals surface area (Å²) in [6, 6.07) is 5.18. The zero-order valence-electron chi connectivity index (χ0n) is 7.29. The first-order chi connectivity index (χ1) is 6.15. The van der Waals surface area contributed by atoms with Crippen LogP contribution in [0, 0.1) is 3.57 Å². The van der Waals surface area contributed by atoms with Crippen molar-refractivity contribution in [2.24, 2.45) is 0 Å². The molecular formula is C9H12INO2. The van der Waals surface area contributed by atoms with E-state index in [-0.39, 0.29) is 5.75 Å². The van der Waals surface area contributed by atoms with E-state index in [0.29, 0.717) is 6.54 Å².